The van der Waals surface area contributed by atoms with E-state index in [1.165, 1.54) is 24.7 Å². The number of carbonyl (C=O) groups is 3. The molecule has 2 aliphatic heterocycles. The highest BCUT2D eigenvalue weighted by molar-refractivity contribution is 7.20. The summed E-state index contributed by atoms with van der Waals surface area (Å²) in [6, 6.07) is 7.75. The number of carbonyl (C=O) groups excluding carboxylic acids is 3. The Morgan fingerprint density at radius 1 is 1.18 bits per heavy atom. The second-order valence-corrected chi connectivity index (χ2v) is 11.5. The van der Waals surface area contributed by atoms with Crippen molar-refractivity contribution < 1.29 is 28.3 Å². The van der Waals surface area contributed by atoms with E-state index in [0.717, 1.165) is 21.8 Å². The van der Waals surface area contributed by atoms with Gasteiger partial charge in [0.1, 0.15) is 28.0 Å². The first kappa shape index (κ1) is 27.1. The van der Waals surface area contributed by atoms with Crippen molar-refractivity contribution in [1.29, 1.82) is 0 Å². The Bertz CT molecular complexity index is 1400. The first-order valence-corrected chi connectivity index (χ1v) is 13.8. The lowest BCUT2D eigenvalue weighted by atomic mass is 9.69. The number of Topliss-reactive ketones (excluding diaryl/α,β-unsaturated/α-hetero) is 1. The number of amides is 1. The normalized spacial score (nSPS) is 17.4. The van der Waals surface area contributed by atoms with Crippen LogP contribution >= 0.6 is 11.3 Å². The van der Waals surface area contributed by atoms with Crippen LogP contribution in [0.2, 0.25) is 0 Å². The minimum Gasteiger partial charge on any atom is -0.496 e. The highest BCUT2D eigenvalue weighted by Gasteiger charge is 2.56. The fourth-order valence-corrected chi connectivity index (χ4v) is 7.06. The number of ether oxygens (including phenoxy) is 2. The third-order valence-electron chi connectivity index (χ3n) is 8.21. The van der Waals surface area contributed by atoms with Gasteiger partial charge in [-0.2, -0.15) is 0 Å². The van der Waals surface area contributed by atoms with Crippen molar-refractivity contribution in [2.24, 2.45) is 5.41 Å². The molecule has 1 spiro atoms. The number of para-hydroxylation sites is 1. The maximum atomic E-state index is 14.3. The number of hydrogen-bond donors (Lipinski definition) is 0. The van der Waals surface area contributed by atoms with Crippen LogP contribution in [-0.2, 0) is 20.7 Å². The molecule has 1 aromatic carbocycles. The van der Waals surface area contributed by atoms with E-state index in [1.54, 1.807) is 18.2 Å². The molecule has 10 heteroatoms. The summed E-state index contributed by atoms with van der Waals surface area (Å²) >= 11 is 1.36. The molecule has 39 heavy (non-hydrogen) atoms. The van der Waals surface area contributed by atoms with Crippen LogP contribution in [0.3, 0.4) is 0 Å². The molecule has 0 atom stereocenters. The van der Waals surface area contributed by atoms with E-state index in [2.05, 4.69) is 4.98 Å². The average Bonchev–Trinajstić information content (AvgIpc) is 3.60. The number of fused-ring (bicyclic) bond motifs is 1. The molecule has 4 heterocycles. The summed E-state index contributed by atoms with van der Waals surface area (Å²) in [5.41, 5.74) is 0.261. The SMILES string of the molecule is COC(=O)C(C)(C)N1CCC2(CC1)C(=O)c1c(sc(-c3ncco3)c1C)N(CCc1ccccc1OC)C2=O. The van der Waals surface area contributed by atoms with Crippen molar-refractivity contribution in [3.63, 3.8) is 0 Å². The summed E-state index contributed by atoms with van der Waals surface area (Å²) in [5.74, 6) is 0.503. The van der Waals surface area contributed by atoms with Gasteiger partial charge >= 0.3 is 5.97 Å². The van der Waals surface area contributed by atoms with Crippen LogP contribution in [0.15, 0.2) is 41.1 Å². The molecule has 9 nitrogen and oxygen atoms in total. The van der Waals surface area contributed by atoms with E-state index in [-0.39, 0.29) is 17.7 Å². The number of rotatable bonds is 7. The highest BCUT2D eigenvalue weighted by Crippen LogP contribution is 2.51. The lowest BCUT2D eigenvalue weighted by molar-refractivity contribution is -0.154. The molecule has 5 rings (SSSR count). The number of ketones is 1. The number of methoxy groups -OCH3 is 2. The van der Waals surface area contributed by atoms with Gasteiger partial charge in [-0.1, -0.05) is 18.2 Å². The van der Waals surface area contributed by atoms with Crippen molar-refractivity contribution in [2.45, 2.75) is 45.6 Å². The van der Waals surface area contributed by atoms with Crippen LogP contribution in [-0.4, -0.2) is 66.9 Å². The summed E-state index contributed by atoms with van der Waals surface area (Å²) in [5, 5.41) is 0.633. The van der Waals surface area contributed by atoms with E-state index in [1.807, 2.05) is 49.9 Å². The summed E-state index contributed by atoms with van der Waals surface area (Å²) < 4.78 is 16.1. The summed E-state index contributed by atoms with van der Waals surface area (Å²) in [4.78, 5) is 49.9. The Hall–Kier alpha value is -3.50. The average molecular weight is 552 g/mol. The van der Waals surface area contributed by atoms with Crippen LogP contribution in [0.25, 0.3) is 10.8 Å². The number of thiophene rings is 1. The van der Waals surface area contributed by atoms with Gasteiger partial charge in [-0.05, 0) is 57.2 Å². The van der Waals surface area contributed by atoms with Crippen LogP contribution in [0, 0.1) is 12.3 Å². The summed E-state index contributed by atoms with van der Waals surface area (Å²) in [6.07, 6.45) is 4.27. The molecule has 0 unspecified atom stereocenters. The Labute approximate surface area is 231 Å². The van der Waals surface area contributed by atoms with Crippen molar-refractivity contribution in [1.82, 2.24) is 9.88 Å². The van der Waals surface area contributed by atoms with Gasteiger partial charge in [0.15, 0.2) is 5.78 Å². The Kier molecular flexibility index (Phi) is 7.11. The van der Waals surface area contributed by atoms with E-state index < -0.39 is 11.0 Å². The smallest absolute Gasteiger partial charge is 0.325 e. The zero-order valence-corrected chi connectivity index (χ0v) is 23.7. The second-order valence-electron chi connectivity index (χ2n) is 10.5. The summed E-state index contributed by atoms with van der Waals surface area (Å²) in [6.45, 7) is 6.75. The number of hydrogen-bond acceptors (Lipinski definition) is 9. The second kappa shape index (κ2) is 10.2. The molecule has 0 N–H and O–H groups in total. The number of aromatic nitrogens is 1. The quantitative estimate of drug-likeness (QED) is 0.312. The number of nitrogens with zero attached hydrogens (tertiary/aromatic N) is 3. The number of oxazole rings is 1. The van der Waals surface area contributed by atoms with E-state index in [9.17, 15) is 14.4 Å². The number of anilines is 1. The van der Waals surface area contributed by atoms with Crippen molar-refractivity contribution >= 4 is 34.0 Å². The molecule has 0 aliphatic carbocycles. The minimum absolute atomic E-state index is 0.155. The Morgan fingerprint density at radius 3 is 2.54 bits per heavy atom. The van der Waals surface area contributed by atoms with Gasteiger partial charge in [-0.25, -0.2) is 4.98 Å². The third-order valence-corrected chi connectivity index (χ3v) is 9.51. The summed E-state index contributed by atoms with van der Waals surface area (Å²) in [7, 11) is 3.00. The van der Waals surface area contributed by atoms with E-state index >= 15 is 0 Å². The maximum Gasteiger partial charge on any atom is 0.325 e. The standard InChI is InChI=1S/C29H33N3O6S/c1-18-21-23(33)29(11-15-31(16-12-29)28(2,3)27(35)37-5)26(34)32(14-10-19-8-6-7-9-20(19)36-4)25(21)39-22(18)24-30-13-17-38-24/h6-9,13,17H,10-12,14-16H2,1-5H3. The van der Waals surface area contributed by atoms with Crippen LogP contribution in [0.5, 0.6) is 5.75 Å². The monoisotopic (exact) mass is 551 g/mol. The van der Waals surface area contributed by atoms with Crippen LogP contribution in [0.1, 0.15) is 48.2 Å². The molecular formula is C29H33N3O6S. The molecule has 0 radical (unpaired) electrons. The van der Waals surface area contributed by atoms with Crippen molar-refractivity contribution in [3.05, 3.63) is 53.4 Å². The first-order valence-electron chi connectivity index (χ1n) is 13.0. The highest BCUT2D eigenvalue weighted by atomic mass is 32.1. The first-order chi connectivity index (χ1) is 18.7. The largest absolute Gasteiger partial charge is 0.496 e. The number of likely N-dealkylation sites (tertiary alicyclic amines) is 1. The van der Waals surface area contributed by atoms with Gasteiger partial charge in [0.05, 0.1) is 30.9 Å². The number of piperidine rings is 1. The number of esters is 1. The molecule has 0 bridgehead atoms. The Balaban J connectivity index is 1.53. The molecule has 2 aromatic heterocycles. The number of benzene rings is 1. The predicted octanol–water partition coefficient (Wildman–Crippen LogP) is 4.53. The van der Waals surface area contributed by atoms with Crippen LogP contribution < -0.4 is 9.64 Å². The van der Waals surface area contributed by atoms with Gasteiger partial charge in [0.25, 0.3) is 0 Å². The fraction of sp³-hybridized carbons (Fsp3) is 0.448. The Morgan fingerprint density at radius 2 is 1.90 bits per heavy atom. The zero-order chi connectivity index (χ0) is 27.9. The lowest BCUT2D eigenvalue weighted by Crippen LogP contribution is -2.61. The molecular weight excluding hydrogens is 518 g/mol. The van der Waals surface area contributed by atoms with Gasteiger partial charge in [-0.15, -0.1) is 11.3 Å². The predicted molar refractivity (Wildman–Crippen MR) is 147 cm³/mol. The van der Waals surface area contributed by atoms with Gasteiger partial charge in [-0.3, -0.25) is 19.3 Å². The molecule has 1 saturated heterocycles. The van der Waals surface area contributed by atoms with E-state index in [4.69, 9.17) is 13.9 Å². The van der Waals surface area contributed by atoms with Gasteiger partial charge in [0, 0.05) is 19.6 Å². The third kappa shape index (κ3) is 4.35. The topological polar surface area (TPSA) is 102 Å². The maximum absolute atomic E-state index is 14.3. The van der Waals surface area contributed by atoms with E-state index in [0.29, 0.717) is 55.4 Å². The fourth-order valence-electron chi connectivity index (χ4n) is 5.79. The van der Waals surface area contributed by atoms with Crippen molar-refractivity contribution in [2.75, 3.05) is 38.8 Å². The minimum atomic E-state index is -1.20. The molecule has 2 aliphatic rings. The van der Waals surface area contributed by atoms with Gasteiger partial charge < -0.3 is 18.8 Å². The molecule has 1 fully saturated rings. The van der Waals surface area contributed by atoms with Crippen molar-refractivity contribution in [3.8, 4) is 16.5 Å². The molecule has 0 saturated carbocycles. The van der Waals surface area contributed by atoms with Crippen LogP contribution in [0.4, 0.5) is 5.00 Å². The molecule has 1 amide bonds. The molecule has 3 aromatic rings. The lowest BCUT2D eigenvalue weighted by Gasteiger charge is -2.47. The zero-order valence-electron chi connectivity index (χ0n) is 22.9. The molecule has 206 valence electrons. The van der Waals surface area contributed by atoms with Gasteiger partial charge in [0.2, 0.25) is 11.8 Å².